The van der Waals surface area contributed by atoms with E-state index in [-0.39, 0.29) is 5.60 Å². The Morgan fingerprint density at radius 2 is 1.93 bits per heavy atom. The van der Waals surface area contributed by atoms with E-state index in [0.717, 1.165) is 6.42 Å². The van der Waals surface area contributed by atoms with Crippen LogP contribution in [-0.2, 0) is 9.57 Å². The van der Waals surface area contributed by atoms with Gasteiger partial charge in [-0.1, -0.05) is 12.8 Å². The van der Waals surface area contributed by atoms with E-state index in [4.69, 9.17) is 9.57 Å². The van der Waals surface area contributed by atoms with Gasteiger partial charge in [-0.2, -0.15) is 5.48 Å². The lowest BCUT2D eigenvalue weighted by molar-refractivity contribution is -0.0599. The predicted molar refractivity (Wildman–Crippen MR) is 61.6 cm³/mol. The van der Waals surface area contributed by atoms with E-state index in [0.29, 0.717) is 12.1 Å². The molecule has 90 valence electrons. The van der Waals surface area contributed by atoms with Crippen molar-refractivity contribution in [3.8, 4) is 0 Å². The lowest BCUT2D eigenvalue weighted by atomic mass is 10.0. The van der Waals surface area contributed by atoms with Gasteiger partial charge in [0.2, 0.25) is 0 Å². The molecule has 15 heavy (non-hydrogen) atoms. The Balaban J connectivity index is 2.15. The predicted octanol–water partition coefficient (Wildman–Crippen LogP) is 2.65. The second-order valence-corrected chi connectivity index (χ2v) is 5.21. The first-order valence-corrected chi connectivity index (χ1v) is 6.00. The molecule has 1 aliphatic rings. The summed E-state index contributed by atoms with van der Waals surface area (Å²) in [5, 5.41) is 0. The van der Waals surface area contributed by atoms with Gasteiger partial charge in [0.15, 0.2) is 0 Å². The van der Waals surface area contributed by atoms with Crippen molar-refractivity contribution in [1.29, 1.82) is 0 Å². The summed E-state index contributed by atoms with van der Waals surface area (Å²) in [6.07, 6.45) is 6.41. The zero-order valence-corrected chi connectivity index (χ0v) is 10.5. The smallest absolute Gasteiger partial charge is 0.0790 e. The highest BCUT2D eigenvalue weighted by Gasteiger charge is 2.22. The van der Waals surface area contributed by atoms with Crippen LogP contribution in [0.25, 0.3) is 0 Å². The quantitative estimate of drug-likeness (QED) is 0.691. The zero-order chi connectivity index (χ0) is 11.3. The van der Waals surface area contributed by atoms with E-state index >= 15 is 0 Å². The van der Waals surface area contributed by atoms with E-state index in [1.807, 2.05) is 0 Å². The molecule has 1 atom stereocenters. The molecule has 3 nitrogen and oxygen atoms in total. The Bertz CT molecular complexity index is 176. The van der Waals surface area contributed by atoms with Gasteiger partial charge in [-0.25, -0.2) is 0 Å². The molecule has 1 unspecified atom stereocenters. The Morgan fingerprint density at radius 3 is 2.47 bits per heavy atom. The number of hydrogen-bond donors (Lipinski definition) is 1. The van der Waals surface area contributed by atoms with Gasteiger partial charge in [-0.15, -0.1) is 0 Å². The van der Waals surface area contributed by atoms with Crippen LogP contribution in [0.2, 0.25) is 0 Å². The lowest BCUT2D eigenvalue weighted by Gasteiger charge is -2.27. The molecular formula is C12H25NO2. The average molecular weight is 215 g/mol. The van der Waals surface area contributed by atoms with Gasteiger partial charge in [-0.05, 0) is 40.0 Å². The molecule has 0 aromatic rings. The lowest BCUT2D eigenvalue weighted by Crippen LogP contribution is -2.37. The van der Waals surface area contributed by atoms with Crippen LogP contribution in [0.5, 0.6) is 0 Å². The summed E-state index contributed by atoms with van der Waals surface area (Å²) in [4.78, 5) is 5.65. The van der Waals surface area contributed by atoms with Crippen molar-refractivity contribution in [3.05, 3.63) is 0 Å². The molecular weight excluding hydrogens is 190 g/mol. The number of methoxy groups -OCH3 is 1. The SMILES string of the molecule is COC(C)(C)CC(C)NOC1CCCC1. The maximum Gasteiger partial charge on any atom is 0.0790 e. The molecule has 0 aromatic heterocycles. The Hall–Kier alpha value is -0.120. The summed E-state index contributed by atoms with van der Waals surface area (Å²) in [5.41, 5.74) is 3.06. The number of ether oxygens (including phenoxy) is 1. The summed E-state index contributed by atoms with van der Waals surface area (Å²) in [6, 6.07) is 0.334. The molecule has 0 saturated heterocycles. The standard InChI is InChI=1S/C12H25NO2/c1-10(9-12(2,3)14-4)13-15-11-7-5-6-8-11/h10-11,13H,5-9H2,1-4H3. The molecule has 0 amide bonds. The third-order valence-electron chi connectivity index (χ3n) is 3.09. The summed E-state index contributed by atoms with van der Waals surface area (Å²) < 4.78 is 5.38. The normalized spacial score (nSPS) is 20.8. The first kappa shape index (κ1) is 12.9. The summed E-state index contributed by atoms with van der Waals surface area (Å²) in [5.74, 6) is 0. The van der Waals surface area contributed by atoms with Gasteiger partial charge < -0.3 is 4.74 Å². The fourth-order valence-corrected chi connectivity index (χ4v) is 2.08. The molecule has 0 aromatic carbocycles. The van der Waals surface area contributed by atoms with Gasteiger partial charge in [0, 0.05) is 13.2 Å². The minimum absolute atomic E-state index is 0.0779. The van der Waals surface area contributed by atoms with E-state index in [1.54, 1.807) is 7.11 Å². The second kappa shape index (κ2) is 5.83. The Morgan fingerprint density at radius 1 is 1.33 bits per heavy atom. The molecule has 1 aliphatic carbocycles. The van der Waals surface area contributed by atoms with Crippen LogP contribution in [-0.4, -0.2) is 24.9 Å². The highest BCUT2D eigenvalue weighted by atomic mass is 16.7. The summed E-state index contributed by atoms with van der Waals surface area (Å²) in [7, 11) is 1.75. The summed E-state index contributed by atoms with van der Waals surface area (Å²) in [6.45, 7) is 6.33. The van der Waals surface area contributed by atoms with Crippen LogP contribution in [0.1, 0.15) is 52.9 Å². The van der Waals surface area contributed by atoms with Crippen LogP contribution >= 0.6 is 0 Å². The minimum atomic E-state index is -0.0779. The topological polar surface area (TPSA) is 30.5 Å². The molecule has 0 heterocycles. The first-order chi connectivity index (χ1) is 7.03. The van der Waals surface area contributed by atoms with Gasteiger partial charge in [-0.3, -0.25) is 4.84 Å². The number of hydroxylamine groups is 1. The van der Waals surface area contributed by atoms with Gasteiger partial charge >= 0.3 is 0 Å². The van der Waals surface area contributed by atoms with E-state index in [1.165, 1.54) is 25.7 Å². The van der Waals surface area contributed by atoms with E-state index < -0.39 is 0 Å². The second-order valence-electron chi connectivity index (χ2n) is 5.21. The highest BCUT2D eigenvalue weighted by Crippen LogP contribution is 2.21. The fraction of sp³-hybridized carbons (Fsp3) is 1.00. The van der Waals surface area contributed by atoms with E-state index in [2.05, 4.69) is 26.3 Å². The molecule has 1 rings (SSSR count). The van der Waals surface area contributed by atoms with Crippen molar-refractivity contribution >= 4 is 0 Å². The number of hydrogen-bond acceptors (Lipinski definition) is 3. The maximum absolute atomic E-state index is 5.65. The Labute approximate surface area is 93.5 Å². The van der Waals surface area contributed by atoms with Gasteiger partial charge in [0.1, 0.15) is 0 Å². The number of nitrogens with one attached hydrogen (secondary N) is 1. The van der Waals surface area contributed by atoms with Crippen LogP contribution < -0.4 is 5.48 Å². The molecule has 1 saturated carbocycles. The summed E-state index contributed by atoms with van der Waals surface area (Å²) >= 11 is 0. The molecule has 0 radical (unpaired) electrons. The molecule has 0 aliphatic heterocycles. The van der Waals surface area contributed by atoms with Crippen molar-refractivity contribution in [2.75, 3.05) is 7.11 Å². The van der Waals surface area contributed by atoms with Crippen LogP contribution in [0, 0.1) is 0 Å². The third-order valence-corrected chi connectivity index (χ3v) is 3.09. The van der Waals surface area contributed by atoms with Crippen molar-refractivity contribution in [1.82, 2.24) is 5.48 Å². The van der Waals surface area contributed by atoms with Crippen molar-refractivity contribution in [2.24, 2.45) is 0 Å². The maximum atomic E-state index is 5.65. The molecule has 0 bridgehead atoms. The molecule has 0 spiro atoms. The minimum Gasteiger partial charge on any atom is -0.379 e. The van der Waals surface area contributed by atoms with Gasteiger partial charge in [0.05, 0.1) is 11.7 Å². The van der Waals surface area contributed by atoms with Crippen LogP contribution in [0.4, 0.5) is 0 Å². The largest absolute Gasteiger partial charge is 0.379 e. The van der Waals surface area contributed by atoms with E-state index in [9.17, 15) is 0 Å². The fourth-order valence-electron chi connectivity index (χ4n) is 2.08. The Kier molecular flexibility index (Phi) is 5.03. The van der Waals surface area contributed by atoms with Crippen molar-refractivity contribution in [3.63, 3.8) is 0 Å². The zero-order valence-electron chi connectivity index (χ0n) is 10.5. The highest BCUT2D eigenvalue weighted by molar-refractivity contribution is 4.74. The molecule has 3 heteroatoms. The van der Waals surface area contributed by atoms with Crippen LogP contribution in [0.15, 0.2) is 0 Å². The number of rotatable bonds is 6. The first-order valence-electron chi connectivity index (χ1n) is 6.00. The average Bonchev–Trinajstić information content (AvgIpc) is 2.66. The van der Waals surface area contributed by atoms with Crippen molar-refractivity contribution in [2.45, 2.75) is 70.6 Å². The van der Waals surface area contributed by atoms with Crippen LogP contribution in [0.3, 0.4) is 0 Å². The van der Waals surface area contributed by atoms with Crippen molar-refractivity contribution < 1.29 is 9.57 Å². The van der Waals surface area contributed by atoms with Gasteiger partial charge in [0.25, 0.3) is 0 Å². The molecule has 1 N–H and O–H groups in total. The monoisotopic (exact) mass is 215 g/mol. The molecule has 1 fully saturated rings. The third kappa shape index (κ3) is 4.96.